The average Bonchev–Trinajstić information content (AvgIpc) is 3.12. The summed E-state index contributed by atoms with van der Waals surface area (Å²) in [5.41, 5.74) is 15.1. The van der Waals surface area contributed by atoms with Gasteiger partial charge in [-0.15, -0.1) is 0 Å². The number of rotatable bonds is 7. The molecule has 0 aliphatic heterocycles. The third-order valence-electron chi connectivity index (χ3n) is 8.65. The largest absolute Gasteiger partial charge is 0.246 e. The van der Waals surface area contributed by atoms with Crippen molar-refractivity contribution >= 4 is 11.1 Å². The van der Waals surface area contributed by atoms with E-state index in [2.05, 4.69) is 134 Å². The molecule has 2 aliphatic carbocycles. The van der Waals surface area contributed by atoms with Crippen LogP contribution in [0.2, 0.25) is 0 Å². The summed E-state index contributed by atoms with van der Waals surface area (Å²) in [6.07, 6.45) is 17.8. The van der Waals surface area contributed by atoms with Gasteiger partial charge in [0.15, 0.2) is 0 Å². The van der Waals surface area contributed by atoms with Crippen LogP contribution in [0, 0.1) is 0 Å². The van der Waals surface area contributed by atoms with E-state index < -0.39 is 6.67 Å². The highest BCUT2D eigenvalue weighted by molar-refractivity contribution is 5.85. The quantitative estimate of drug-likeness (QED) is 0.183. The number of allylic oxidation sites excluding steroid dienone is 8. The molecular weight excluding hydrogens is 535 g/mol. The van der Waals surface area contributed by atoms with Gasteiger partial charge in [0.25, 0.3) is 0 Å². The van der Waals surface area contributed by atoms with Gasteiger partial charge in [-0.05, 0) is 140 Å². The highest BCUT2D eigenvalue weighted by atomic mass is 19.1. The van der Waals surface area contributed by atoms with E-state index in [0.717, 1.165) is 47.9 Å². The van der Waals surface area contributed by atoms with E-state index in [1.54, 1.807) is 0 Å². The first kappa shape index (κ1) is 27.8. The minimum atomic E-state index is -0.461. The van der Waals surface area contributed by atoms with Crippen LogP contribution in [-0.4, -0.2) is 0 Å². The lowest BCUT2D eigenvalue weighted by Crippen LogP contribution is -1.91. The molecule has 5 aromatic rings. The van der Waals surface area contributed by atoms with Crippen LogP contribution >= 0.6 is 0 Å². The molecule has 0 amide bonds. The zero-order chi connectivity index (χ0) is 29.7. The normalized spacial score (nSPS) is 14.3. The van der Waals surface area contributed by atoms with Crippen molar-refractivity contribution in [3.05, 3.63) is 168 Å². The van der Waals surface area contributed by atoms with Crippen LogP contribution < -0.4 is 0 Å². The van der Waals surface area contributed by atoms with Crippen LogP contribution in [0.15, 0.2) is 152 Å². The molecule has 0 saturated heterocycles. The highest BCUT2D eigenvalue weighted by Crippen LogP contribution is 2.37. The van der Waals surface area contributed by atoms with Crippen LogP contribution in [0.3, 0.4) is 0 Å². The fraction of sp³-hybridized carbons (Fsp3) is 0.116. The Morgan fingerprint density at radius 2 is 1.00 bits per heavy atom. The molecule has 5 aromatic carbocycles. The third-order valence-corrected chi connectivity index (χ3v) is 8.65. The maximum absolute atomic E-state index is 13.5. The number of alkyl halides is 1. The first-order valence-electron chi connectivity index (χ1n) is 15.6. The molecule has 0 bridgehead atoms. The molecule has 44 heavy (non-hydrogen) atoms. The second-order valence-corrected chi connectivity index (χ2v) is 11.7. The molecule has 7 rings (SSSR count). The van der Waals surface area contributed by atoms with Crippen molar-refractivity contribution in [3.63, 3.8) is 0 Å². The average molecular weight is 571 g/mol. The molecule has 0 aromatic heterocycles. The first-order chi connectivity index (χ1) is 21.7. The van der Waals surface area contributed by atoms with Crippen molar-refractivity contribution in [2.45, 2.75) is 32.4 Å². The van der Waals surface area contributed by atoms with Gasteiger partial charge in [-0.1, -0.05) is 109 Å². The summed E-state index contributed by atoms with van der Waals surface area (Å²) in [5, 5.41) is 0. The van der Waals surface area contributed by atoms with Gasteiger partial charge in [0.2, 0.25) is 0 Å². The van der Waals surface area contributed by atoms with E-state index in [-0.39, 0.29) is 0 Å². The summed E-state index contributed by atoms with van der Waals surface area (Å²) in [5.74, 6) is 0. The minimum Gasteiger partial charge on any atom is -0.246 e. The maximum Gasteiger partial charge on any atom is 0.115 e. The molecule has 0 heterocycles. The van der Waals surface area contributed by atoms with Gasteiger partial charge in [-0.3, -0.25) is 0 Å². The van der Waals surface area contributed by atoms with Crippen LogP contribution in [0.4, 0.5) is 4.39 Å². The predicted octanol–water partition coefficient (Wildman–Crippen LogP) is 12.3. The zero-order valence-electron chi connectivity index (χ0n) is 24.8. The zero-order valence-corrected chi connectivity index (χ0v) is 24.8. The van der Waals surface area contributed by atoms with E-state index >= 15 is 0 Å². The number of hydrogen-bond acceptors (Lipinski definition) is 0. The lowest BCUT2D eigenvalue weighted by molar-refractivity contribution is 0.485. The van der Waals surface area contributed by atoms with E-state index in [1.807, 2.05) is 18.2 Å². The second kappa shape index (κ2) is 12.7. The minimum absolute atomic E-state index is 0.461. The molecule has 0 N–H and O–H groups in total. The molecule has 0 saturated carbocycles. The number of hydrogen-bond donors (Lipinski definition) is 0. The molecular formula is C43H35F. The summed E-state index contributed by atoms with van der Waals surface area (Å²) >= 11 is 0. The molecule has 2 aliphatic rings. The fourth-order valence-corrected chi connectivity index (χ4v) is 6.29. The smallest absolute Gasteiger partial charge is 0.115 e. The van der Waals surface area contributed by atoms with Crippen LogP contribution in [0.25, 0.3) is 55.7 Å². The monoisotopic (exact) mass is 570 g/mol. The molecule has 1 heteroatoms. The standard InChI is InChI=1S/C43H35F/c44-30-31-11-7-16-34(23-31)37-19-10-22-40(26-37)43-28-41(38-20-8-17-35(24-38)32-12-3-1-4-13-32)27-42(29-43)39-21-9-18-36(25-39)33-14-5-2-6-15-33/h1,3,5,7-12,14-29H,2,4,6,13,30H2. The van der Waals surface area contributed by atoms with Crippen molar-refractivity contribution in [2.24, 2.45) is 0 Å². The van der Waals surface area contributed by atoms with Gasteiger partial charge in [-0.25, -0.2) is 4.39 Å². The summed E-state index contributed by atoms with van der Waals surface area (Å²) in [6, 6.07) is 41.2. The summed E-state index contributed by atoms with van der Waals surface area (Å²) < 4.78 is 13.5. The Hall–Kier alpha value is -5.01. The Labute approximate surface area is 260 Å². The lowest BCUT2D eigenvalue weighted by Gasteiger charge is -2.15. The first-order valence-corrected chi connectivity index (χ1v) is 15.6. The van der Waals surface area contributed by atoms with Gasteiger partial charge in [0.05, 0.1) is 0 Å². The summed E-state index contributed by atoms with van der Waals surface area (Å²) in [4.78, 5) is 0. The molecule has 214 valence electrons. The highest BCUT2D eigenvalue weighted by Gasteiger charge is 2.12. The molecule has 0 spiro atoms. The second-order valence-electron chi connectivity index (χ2n) is 11.7. The van der Waals surface area contributed by atoms with Crippen molar-refractivity contribution in [2.75, 3.05) is 0 Å². The van der Waals surface area contributed by atoms with Crippen molar-refractivity contribution in [3.8, 4) is 44.5 Å². The van der Waals surface area contributed by atoms with E-state index in [4.69, 9.17) is 0 Å². The maximum atomic E-state index is 13.5. The van der Waals surface area contributed by atoms with Crippen molar-refractivity contribution in [1.82, 2.24) is 0 Å². The summed E-state index contributed by atoms with van der Waals surface area (Å²) in [7, 11) is 0. The molecule has 0 nitrogen and oxygen atoms in total. The SMILES string of the molecule is FCc1cccc(-c2cccc(-c3cc(-c4cccc(C5=CCCC=C5)c4)cc(-c4cccc(C5=CC=CCC5)c4)c3)c2)c1. The third kappa shape index (κ3) is 6.05. The molecule has 0 fully saturated rings. The summed E-state index contributed by atoms with van der Waals surface area (Å²) in [6.45, 7) is -0.461. The van der Waals surface area contributed by atoms with E-state index in [1.165, 1.54) is 44.5 Å². The van der Waals surface area contributed by atoms with Crippen LogP contribution in [-0.2, 0) is 6.67 Å². The Morgan fingerprint density at radius 1 is 0.477 bits per heavy atom. The Morgan fingerprint density at radius 3 is 1.59 bits per heavy atom. The van der Waals surface area contributed by atoms with Crippen LogP contribution in [0.1, 0.15) is 42.4 Å². The van der Waals surface area contributed by atoms with Gasteiger partial charge < -0.3 is 0 Å². The Kier molecular flexibility index (Phi) is 8.02. The number of benzene rings is 5. The molecule has 0 unspecified atom stereocenters. The van der Waals surface area contributed by atoms with Gasteiger partial charge in [0.1, 0.15) is 6.67 Å². The van der Waals surface area contributed by atoms with Gasteiger partial charge >= 0.3 is 0 Å². The van der Waals surface area contributed by atoms with Crippen LogP contribution in [0.5, 0.6) is 0 Å². The Balaban J connectivity index is 1.36. The topological polar surface area (TPSA) is 0 Å². The van der Waals surface area contributed by atoms with E-state index in [0.29, 0.717) is 5.56 Å². The van der Waals surface area contributed by atoms with Crippen molar-refractivity contribution < 1.29 is 4.39 Å². The van der Waals surface area contributed by atoms with Gasteiger partial charge in [-0.2, -0.15) is 0 Å². The molecule has 0 radical (unpaired) electrons. The predicted molar refractivity (Wildman–Crippen MR) is 186 cm³/mol. The Bertz CT molecular complexity index is 1950. The van der Waals surface area contributed by atoms with Crippen molar-refractivity contribution in [1.29, 1.82) is 0 Å². The number of halogens is 1. The lowest BCUT2D eigenvalue weighted by atomic mass is 9.89. The fourth-order valence-electron chi connectivity index (χ4n) is 6.29. The van der Waals surface area contributed by atoms with E-state index in [9.17, 15) is 4.39 Å². The van der Waals surface area contributed by atoms with Gasteiger partial charge in [0, 0.05) is 0 Å². The molecule has 0 atom stereocenters.